The first kappa shape index (κ1) is 24.7. The highest BCUT2D eigenvalue weighted by molar-refractivity contribution is 5.99. The molecule has 1 unspecified atom stereocenters. The Bertz CT molecular complexity index is 1310. The van der Waals surface area contributed by atoms with Gasteiger partial charge in [-0.1, -0.05) is 30.3 Å². The number of hydrogen-bond donors (Lipinski definition) is 0. The van der Waals surface area contributed by atoms with Crippen molar-refractivity contribution >= 4 is 17.6 Å². The number of hydrogen-bond acceptors (Lipinski definition) is 7. The number of methoxy groups -OCH3 is 2. The molecule has 9 nitrogen and oxygen atoms in total. The number of carbonyl (C=O) groups is 2. The highest BCUT2D eigenvalue weighted by atomic mass is 16.6. The van der Waals surface area contributed by atoms with Crippen LogP contribution in [-0.4, -0.2) is 49.1 Å². The van der Waals surface area contributed by atoms with Crippen molar-refractivity contribution in [3.8, 4) is 11.5 Å². The van der Waals surface area contributed by atoms with E-state index in [0.717, 1.165) is 22.8 Å². The maximum Gasteiger partial charge on any atom is 0.338 e. The summed E-state index contributed by atoms with van der Waals surface area (Å²) < 4.78 is 16.0. The van der Waals surface area contributed by atoms with Crippen LogP contribution in [-0.2, 0) is 11.2 Å². The Hall–Kier alpha value is -4.40. The van der Waals surface area contributed by atoms with Crippen molar-refractivity contribution < 1.29 is 28.7 Å². The molecule has 9 heteroatoms. The SMILES string of the molecule is CCOC(=O)c1cc(C(=O)N2CCc3cc(OC)c(OC)cc3C2c2ccccc2)cc([N+](=O)[O-])c1. The van der Waals surface area contributed by atoms with E-state index in [2.05, 4.69) is 0 Å². The van der Waals surface area contributed by atoms with Crippen LogP contribution < -0.4 is 9.47 Å². The Morgan fingerprint density at radius 2 is 1.67 bits per heavy atom. The summed E-state index contributed by atoms with van der Waals surface area (Å²) in [5.74, 6) is -0.0266. The lowest BCUT2D eigenvalue weighted by Gasteiger charge is -2.38. The molecular formula is C27H26N2O7. The van der Waals surface area contributed by atoms with Gasteiger partial charge in [0.2, 0.25) is 0 Å². The second-order valence-corrected chi connectivity index (χ2v) is 8.21. The highest BCUT2D eigenvalue weighted by Gasteiger charge is 2.34. The number of amides is 1. The first-order chi connectivity index (χ1) is 17.4. The molecule has 1 atom stereocenters. The Labute approximate surface area is 208 Å². The second-order valence-electron chi connectivity index (χ2n) is 8.21. The van der Waals surface area contributed by atoms with Gasteiger partial charge in [0.25, 0.3) is 11.6 Å². The summed E-state index contributed by atoms with van der Waals surface area (Å²) in [5.41, 5.74) is 2.39. The Kier molecular flexibility index (Phi) is 7.19. The lowest BCUT2D eigenvalue weighted by atomic mass is 9.87. The van der Waals surface area contributed by atoms with Gasteiger partial charge in [0.15, 0.2) is 11.5 Å². The van der Waals surface area contributed by atoms with Gasteiger partial charge in [-0.05, 0) is 48.2 Å². The zero-order chi connectivity index (χ0) is 25.8. The molecule has 0 fully saturated rings. The minimum atomic E-state index is -0.726. The number of nitro groups is 1. The molecule has 0 saturated carbocycles. The normalized spacial score (nSPS) is 14.5. The zero-order valence-electron chi connectivity index (χ0n) is 20.2. The van der Waals surface area contributed by atoms with E-state index in [1.165, 1.54) is 12.1 Å². The molecule has 1 amide bonds. The van der Waals surface area contributed by atoms with Crippen molar-refractivity contribution in [1.82, 2.24) is 4.90 Å². The molecule has 1 aliphatic rings. The second kappa shape index (κ2) is 10.5. The molecule has 0 aliphatic carbocycles. The van der Waals surface area contributed by atoms with Crippen molar-refractivity contribution in [3.05, 3.63) is 98.6 Å². The fourth-order valence-corrected chi connectivity index (χ4v) is 4.50. The molecular weight excluding hydrogens is 464 g/mol. The van der Waals surface area contributed by atoms with Gasteiger partial charge >= 0.3 is 5.97 Å². The third-order valence-corrected chi connectivity index (χ3v) is 6.14. The Morgan fingerprint density at radius 1 is 1.00 bits per heavy atom. The predicted molar refractivity (Wildman–Crippen MR) is 132 cm³/mol. The molecule has 3 aromatic rings. The lowest BCUT2D eigenvalue weighted by Crippen LogP contribution is -2.40. The molecule has 0 spiro atoms. The van der Waals surface area contributed by atoms with Gasteiger partial charge in [-0.25, -0.2) is 4.79 Å². The number of nitro benzene ring substituents is 1. The maximum absolute atomic E-state index is 13.9. The summed E-state index contributed by atoms with van der Waals surface area (Å²) in [6.07, 6.45) is 0.546. The highest BCUT2D eigenvalue weighted by Crippen LogP contribution is 2.41. The third kappa shape index (κ3) is 4.72. The van der Waals surface area contributed by atoms with Crippen molar-refractivity contribution in [3.63, 3.8) is 0 Å². The van der Waals surface area contributed by atoms with Crippen LogP contribution >= 0.6 is 0 Å². The van der Waals surface area contributed by atoms with E-state index in [1.807, 2.05) is 42.5 Å². The first-order valence-corrected chi connectivity index (χ1v) is 11.4. The van der Waals surface area contributed by atoms with Gasteiger partial charge in [0.05, 0.1) is 37.4 Å². The molecule has 1 heterocycles. The molecule has 4 rings (SSSR count). The van der Waals surface area contributed by atoms with E-state index in [4.69, 9.17) is 14.2 Å². The number of fused-ring (bicyclic) bond motifs is 1. The summed E-state index contributed by atoms with van der Waals surface area (Å²) in [4.78, 5) is 38.8. The van der Waals surface area contributed by atoms with E-state index < -0.39 is 22.8 Å². The monoisotopic (exact) mass is 490 g/mol. The van der Waals surface area contributed by atoms with Crippen LogP contribution in [0.3, 0.4) is 0 Å². The molecule has 36 heavy (non-hydrogen) atoms. The Balaban J connectivity index is 1.84. The van der Waals surface area contributed by atoms with E-state index in [0.29, 0.717) is 24.5 Å². The van der Waals surface area contributed by atoms with Crippen molar-refractivity contribution in [1.29, 1.82) is 0 Å². The molecule has 3 aromatic carbocycles. The third-order valence-electron chi connectivity index (χ3n) is 6.14. The molecule has 186 valence electrons. The predicted octanol–water partition coefficient (Wildman–Crippen LogP) is 4.58. The minimum Gasteiger partial charge on any atom is -0.493 e. The van der Waals surface area contributed by atoms with Crippen molar-refractivity contribution in [2.24, 2.45) is 0 Å². The molecule has 0 bridgehead atoms. The Morgan fingerprint density at radius 3 is 2.31 bits per heavy atom. The van der Waals surface area contributed by atoms with Crippen LogP contribution in [0.1, 0.15) is 50.4 Å². The summed E-state index contributed by atoms with van der Waals surface area (Å²) in [6.45, 7) is 2.10. The first-order valence-electron chi connectivity index (χ1n) is 11.4. The smallest absolute Gasteiger partial charge is 0.338 e. The van der Waals surface area contributed by atoms with Crippen LogP contribution in [0, 0.1) is 10.1 Å². The van der Waals surface area contributed by atoms with Gasteiger partial charge in [0.1, 0.15) is 0 Å². The van der Waals surface area contributed by atoms with Gasteiger partial charge in [0, 0.05) is 24.2 Å². The average molecular weight is 491 g/mol. The van der Waals surface area contributed by atoms with Gasteiger partial charge in [-0.3, -0.25) is 14.9 Å². The number of nitrogens with zero attached hydrogens (tertiary/aromatic N) is 2. The fourth-order valence-electron chi connectivity index (χ4n) is 4.50. The molecule has 0 aromatic heterocycles. The molecule has 0 radical (unpaired) electrons. The number of benzene rings is 3. The lowest BCUT2D eigenvalue weighted by molar-refractivity contribution is -0.384. The summed E-state index contributed by atoms with van der Waals surface area (Å²) in [7, 11) is 3.12. The van der Waals surface area contributed by atoms with E-state index in [-0.39, 0.29) is 23.4 Å². The fraction of sp³-hybridized carbons (Fsp3) is 0.259. The standard InChI is InChI=1S/C27H26N2O7/c1-4-36-27(31)20-12-19(13-21(14-20)29(32)33)26(30)28-11-10-18-15-23(34-2)24(35-3)16-22(18)25(28)17-8-6-5-7-9-17/h5-9,12-16,25H,4,10-11H2,1-3H3. The van der Waals surface area contributed by atoms with E-state index in [1.54, 1.807) is 26.0 Å². The molecule has 1 aliphatic heterocycles. The topological polar surface area (TPSA) is 108 Å². The molecule has 0 saturated heterocycles. The summed E-state index contributed by atoms with van der Waals surface area (Å²) in [6, 6.07) is 16.5. The van der Waals surface area contributed by atoms with Gasteiger partial charge in [-0.15, -0.1) is 0 Å². The van der Waals surface area contributed by atoms with Crippen molar-refractivity contribution in [2.45, 2.75) is 19.4 Å². The van der Waals surface area contributed by atoms with Crippen LogP contribution in [0.2, 0.25) is 0 Å². The molecule has 0 N–H and O–H groups in total. The maximum atomic E-state index is 13.9. The number of carbonyl (C=O) groups excluding carboxylic acids is 2. The van der Waals surface area contributed by atoms with Crippen LogP contribution in [0.25, 0.3) is 0 Å². The van der Waals surface area contributed by atoms with Crippen LogP contribution in [0.4, 0.5) is 5.69 Å². The summed E-state index contributed by atoms with van der Waals surface area (Å²) >= 11 is 0. The zero-order valence-corrected chi connectivity index (χ0v) is 20.2. The van der Waals surface area contributed by atoms with Crippen LogP contribution in [0.15, 0.2) is 60.7 Å². The van der Waals surface area contributed by atoms with E-state index >= 15 is 0 Å². The summed E-state index contributed by atoms with van der Waals surface area (Å²) in [5, 5.41) is 11.6. The number of rotatable bonds is 7. The minimum absolute atomic E-state index is 0.0390. The van der Waals surface area contributed by atoms with Crippen molar-refractivity contribution in [2.75, 3.05) is 27.4 Å². The van der Waals surface area contributed by atoms with Crippen LogP contribution in [0.5, 0.6) is 11.5 Å². The quantitative estimate of drug-likeness (QED) is 0.271. The van der Waals surface area contributed by atoms with Gasteiger partial charge in [-0.2, -0.15) is 0 Å². The number of non-ortho nitro benzene ring substituents is 1. The number of esters is 1. The number of ether oxygens (including phenoxy) is 3. The average Bonchev–Trinajstić information content (AvgIpc) is 2.91. The largest absolute Gasteiger partial charge is 0.493 e. The van der Waals surface area contributed by atoms with Gasteiger partial charge < -0.3 is 19.1 Å². The van der Waals surface area contributed by atoms with E-state index in [9.17, 15) is 19.7 Å².